The molecule has 6 heteroatoms. The van der Waals surface area contributed by atoms with E-state index in [1.807, 2.05) is 0 Å². The average molecular weight is 183 g/mol. The van der Waals surface area contributed by atoms with Crippen LogP contribution < -0.4 is 0 Å². The van der Waals surface area contributed by atoms with Crippen LogP contribution in [0.5, 0.6) is 0 Å². The Kier molecular flexibility index (Phi) is 2.61. The normalized spacial score (nSPS) is 14.0. The van der Waals surface area contributed by atoms with Gasteiger partial charge in [0, 0.05) is 7.11 Å². The van der Waals surface area contributed by atoms with Crippen molar-refractivity contribution in [1.82, 2.24) is 0 Å². The maximum absolute atomic E-state index is 11.8. The molecule has 0 atom stereocenters. The highest BCUT2D eigenvalue weighted by molar-refractivity contribution is 6.47. The Morgan fingerprint density at radius 2 is 1.56 bits per heavy atom. The lowest BCUT2D eigenvalue weighted by Gasteiger charge is -2.19. The highest BCUT2D eigenvalue weighted by Gasteiger charge is 2.53. The van der Waals surface area contributed by atoms with Gasteiger partial charge in [0.15, 0.2) is 0 Å². The molecule has 0 fully saturated rings. The van der Waals surface area contributed by atoms with Gasteiger partial charge in [-0.05, 0) is 0 Å². The van der Waals surface area contributed by atoms with Gasteiger partial charge in [0.25, 0.3) is 0 Å². The van der Waals surface area contributed by atoms with Crippen LogP contribution in [-0.4, -0.2) is 17.8 Å². The molecule has 9 heavy (non-hydrogen) atoms. The van der Waals surface area contributed by atoms with Crippen molar-refractivity contribution in [1.29, 1.82) is 0 Å². The second-order valence-electron chi connectivity index (χ2n) is 1.22. The number of rotatable bonds is 2. The Bertz CT molecular complexity index is 99.7. The van der Waals surface area contributed by atoms with Crippen LogP contribution in [0.4, 0.5) is 13.2 Å². The second kappa shape index (κ2) is 2.52. The van der Waals surface area contributed by atoms with Crippen LogP contribution in [0.15, 0.2) is 0 Å². The van der Waals surface area contributed by atoms with Crippen LogP contribution >= 0.6 is 23.2 Å². The highest BCUT2D eigenvalue weighted by atomic mass is 35.5. The first-order chi connectivity index (χ1) is 3.81. The molecule has 0 aromatic heterocycles. The Labute approximate surface area is 59.7 Å². The van der Waals surface area contributed by atoms with Crippen molar-refractivity contribution in [2.75, 3.05) is 7.11 Å². The van der Waals surface area contributed by atoms with Crippen LogP contribution in [0.25, 0.3) is 0 Å². The summed E-state index contributed by atoms with van der Waals surface area (Å²) in [5.41, 5.74) is 0. The molecular formula is C3H3Cl2F3O. The van der Waals surface area contributed by atoms with E-state index >= 15 is 0 Å². The number of alkyl halides is 5. The molecule has 0 aromatic carbocycles. The van der Waals surface area contributed by atoms with E-state index < -0.39 is 10.7 Å². The summed E-state index contributed by atoms with van der Waals surface area (Å²) in [6.07, 6.45) is -4.16. The number of hydrogen-bond acceptors (Lipinski definition) is 1. The molecule has 0 radical (unpaired) electrons. The lowest BCUT2D eigenvalue weighted by molar-refractivity contribution is -0.252. The lowest BCUT2D eigenvalue weighted by Crippen LogP contribution is -2.35. The van der Waals surface area contributed by atoms with Gasteiger partial charge in [0.05, 0.1) is 0 Å². The fourth-order valence-electron chi connectivity index (χ4n) is 0.116. The zero-order chi connectivity index (χ0) is 7.71. The fourth-order valence-corrected chi connectivity index (χ4v) is 0.270. The Balaban J connectivity index is 4.14. The maximum atomic E-state index is 11.8. The number of halogens is 5. The molecule has 56 valence electrons. The SMILES string of the molecule is COC(F)(F)C(F)(Cl)Cl. The summed E-state index contributed by atoms with van der Waals surface area (Å²) < 4.78 is 35.1. The van der Waals surface area contributed by atoms with Gasteiger partial charge in [0.2, 0.25) is 0 Å². The summed E-state index contributed by atoms with van der Waals surface area (Å²) in [6, 6.07) is 0. The molecule has 0 heterocycles. The van der Waals surface area contributed by atoms with Crippen LogP contribution in [-0.2, 0) is 4.74 Å². The van der Waals surface area contributed by atoms with Crippen molar-refractivity contribution < 1.29 is 17.9 Å². The predicted molar refractivity (Wildman–Crippen MR) is 27.5 cm³/mol. The molecule has 0 unspecified atom stereocenters. The largest absolute Gasteiger partial charge is 0.418 e. The molecule has 1 nitrogen and oxygen atoms in total. The van der Waals surface area contributed by atoms with E-state index in [-0.39, 0.29) is 0 Å². The smallest absolute Gasteiger partial charge is 0.319 e. The Morgan fingerprint density at radius 3 is 1.56 bits per heavy atom. The Hall–Kier alpha value is 0.330. The van der Waals surface area contributed by atoms with Crippen LogP contribution in [0.1, 0.15) is 0 Å². The molecule has 0 aliphatic rings. The fraction of sp³-hybridized carbons (Fsp3) is 1.00. The van der Waals surface area contributed by atoms with E-state index in [0.717, 1.165) is 0 Å². The molecule has 0 saturated heterocycles. The average Bonchev–Trinajstić information content (AvgIpc) is 1.64. The van der Waals surface area contributed by atoms with E-state index in [1.54, 1.807) is 0 Å². The van der Waals surface area contributed by atoms with Crippen LogP contribution in [0.3, 0.4) is 0 Å². The van der Waals surface area contributed by atoms with Gasteiger partial charge in [-0.2, -0.15) is 13.2 Å². The number of hydrogen-bond donors (Lipinski definition) is 0. The van der Waals surface area contributed by atoms with Crippen molar-refractivity contribution in [2.24, 2.45) is 0 Å². The summed E-state index contributed by atoms with van der Waals surface area (Å²) in [4.78, 5) is 0. The second-order valence-corrected chi connectivity index (χ2v) is 2.45. The van der Waals surface area contributed by atoms with Crippen molar-refractivity contribution in [3.63, 3.8) is 0 Å². The van der Waals surface area contributed by atoms with E-state index in [2.05, 4.69) is 27.9 Å². The van der Waals surface area contributed by atoms with Gasteiger partial charge >= 0.3 is 10.7 Å². The molecule has 0 bridgehead atoms. The monoisotopic (exact) mass is 182 g/mol. The van der Waals surface area contributed by atoms with E-state index in [4.69, 9.17) is 0 Å². The third-order valence-electron chi connectivity index (χ3n) is 0.586. The molecular weight excluding hydrogens is 180 g/mol. The summed E-state index contributed by atoms with van der Waals surface area (Å²) in [7, 11) is 0.596. The summed E-state index contributed by atoms with van der Waals surface area (Å²) in [5, 5.41) is 0. The molecule has 0 saturated carbocycles. The van der Waals surface area contributed by atoms with Gasteiger partial charge in [-0.1, -0.05) is 23.2 Å². The molecule has 0 aromatic rings. The third kappa shape index (κ3) is 2.20. The molecule has 0 spiro atoms. The first-order valence-corrected chi connectivity index (χ1v) is 2.56. The first kappa shape index (κ1) is 9.33. The van der Waals surface area contributed by atoms with Crippen LogP contribution in [0, 0.1) is 0 Å². The van der Waals surface area contributed by atoms with Crippen LogP contribution in [0.2, 0.25) is 0 Å². The van der Waals surface area contributed by atoms with Gasteiger partial charge in [-0.15, -0.1) is 0 Å². The zero-order valence-electron chi connectivity index (χ0n) is 4.30. The zero-order valence-corrected chi connectivity index (χ0v) is 5.81. The predicted octanol–water partition coefficient (Wildman–Crippen LogP) is 2.33. The van der Waals surface area contributed by atoms with Gasteiger partial charge < -0.3 is 4.74 Å². The number of methoxy groups -OCH3 is 1. The minimum Gasteiger partial charge on any atom is -0.319 e. The van der Waals surface area contributed by atoms with Crippen molar-refractivity contribution >= 4 is 23.2 Å². The first-order valence-electron chi connectivity index (χ1n) is 1.81. The topological polar surface area (TPSA) is 9.23 Å². The van der Waals surface area contributed by atoms with Gasteiger partial charge in [-0.3, -0.25) is 0 Å². The molecule has 0 N–H and O–H groups in total. The van der Waals surface area contributed by atoms with Gasteiger partial charge in [0.1, 0.15) is 0 Å². The van der Waals surface area contributed by atoms with Crippen molar-refractivity contribution in [2.45, 2.75) is 10.7 Å². The summed E-state index contributed by atoms with van der Waals surface area (Å²) in [6.45, 7) is 0. The molecule has 0 rings (SSSR count). The molecule has 0 aliphatic carbocycles. The third-order valence-corrected chi connectivity index (χ3v) is 1.03. The van der Waals surface area contributed by atoms with Gasteiger partial charge in [-0.25, -0.2) is 0 Å². The Morgan fingerprint density at radius 1 is 1.22 bits per heavy atom. The van der Waals surface area contributed by atoms with Crippen molar-refractivity contribution in [3.05, 3.63) is 0 Å². The minimum absolute atomic E-state index is 0.596. The minimum atomic E-state index is -4.16. The molecule has 0 aliphatic heterocycles. The quantitative estimate of drug-likeness (QED) is 0.596. The molecule has 0 amide bonds. The van der Waals surface area contributed by atoms with E-state index in [1.165, 1.54) is 0 Å². The van der Waals surface area contributed by atoms with Crippen molar-refractivity contribution in [3.8, 4) is 0 Å². The standard InChI is InChI=1S/C3H3Cl2F3O/c1-9-3(7,8)2(4,5)6/h1H3. The lowest BCUT2D eigenvalue weighted by atomic mass is 10.7. The van der Waals surface area contributed by atoms with E-state index in [9.17, 15) is 13.2 Å². The maximum Gasteiger partial charge on any atom is 0.418 e. The van der Waals surface area contributed by atoms with E-state index in [0.29, 0.717) is 7.11 Å². The highest BCUT2D eigenvalue weighted by Crippen LogP contribution is 2.39. The summed E-state index contributed by atoms with van der Waals surface area (Å²) >= 11 is 8.70. The summed E-state index contributed by atoms with van der Waals surface area (Å²) in [5.74, 6) is 0. The number of ether oxygens (including phenoxy) is 1.